The van der Waals surface area contributed by atoms with Crippen LogP contribution in [0.2, 0.25) is 0 Å². The quantitative estimate of drug-likeness (QED) is 0.561. The van der Waals surface area contributed by atoms with Gasteiger partial charge in [-0.25, -0.2) is 21.6 Å². The first-order valence-corrected chi connectivity index (χ1v) is 13.3. The Hall–Kier alpha value is -2.42. The fourth-order valence-electron chi connectivity index (χ4n) is 3.63. The summed E-state index contributed by atoms with van der Waals surface area (Å²) in [6.07, 6.45) is 6.76. The van der Waals surface area contributed by atoms with Crippen LogP contribution in [0.4, 0.5) is 0 Å². The minimum absolute atomic E-state index is 0.0427. The number of nitrogens with one attached hydrogen (secondary N) is 2. The van der Waals surface area contributed by atoms with Crippen LogP contribution in [0.25, 0.3) is 0 Å². The molecule has 0 aliphatic heterocycles. The summed E-state index contributed by atoms with van der Waals surface area (Å²) in [6.45, 7) is 3.62. The summed E-state index contributed by atoms with van der Waals surface area (Å²) < 4.78 is 55.5. The van der Waals surface area contributed by atoms with E-state index >= 15 is 0 Å². The molecule has 1 aliphatic carbocycles. The van der Waals surface area contributed by atoms with Gasteiger partial charge in [-0.15, -0.1) is 0 Å². The molecular weight excluding hydrogens is 432 g/mol. The number of sulfonamides is 2. The second-order valence-electron chi connectivity index (χ2n) is 7.56. The highest BCUT2D eigenvalue weighted by atomic mass is 32.2. The van der Waals surface area contributed by atoms with Gasteiger partial charge < -0.3 is 0 Å². The fraction of sp³-hybridized carbons (Fsp3) is 0.304. The van der Waals surface area contributed by atoms with Crippen molar-refractivity contribution in [1.82, 2.24) is 9.44 Å². The molecular formula is C23H28N2O4S2. The zero-order valence-electron chi connectivity index (χ0n) is 17.7. The maximum Gasteiger partial charge on any atom is 0.240 e. The molecule has 0 radical (unpaired) electrons. The lowest BCUT2D eigenvalue weighted by atomic mass is 9.72. The largest absolute Gasteiger partial charge is 0.286 e. The number of benzene rings is 2. The van der Waals surface area contributed by atoms with E-state index in [1.807, 2.05) is 55.5 Å². The molecule has 0 fully saturated rings. The lowest BCUT2D eigenvalue weighted by Gasteiger charge is -2.36. The molecule has 0 spiro atoms. The van der Waals surface area contributed by atoms with Gasteiger partial charge in [-0.2, -0.15) is 0 Å². The van der Waals surface area contributed by atoms with E-state index in [1.165, 1.54) is 0 Å². The monoisotopic (exact) mass is 460 g/mol. The van der Waals surface area contributed by atoms with Gasteiger partial charge >= 0.3 is 0 Å². The molecule has 0 bridgehead atoms. The Balaban J connectivity index is 1.90. The van der Waals surface area contributed by atoms with Crippen molar-refractivity contribution in [2.45, 2.75) is 37.0 Å². The zero-order valence-corrected chi connectivity index (χ0v) is 19.3. The van der Waals surface area contributed by atoms with Crippen LogP contribution in [-0.2, 0) is 25.5 Å². The third-order valence-corrected chi connectivity index (χ3v) is 8.19. The third kappa shape index (κ3) is 5.44. The Morgan fingerprint density at radius 1 is 0.968 bits per heavy atom. The van der Waals surface area contributed by atoms with Crippen molar-refractivity contribution in [2.24, 2.45) is 0 Å². The molecule has 1 aliphatic rings. The predicted molar refractivity (Wildman–Crippen MR) is 124 cm³/mol. The van der Waals surface area contributed by atoms with Crippen LogP contribution in [-0.4, -0.2) is 29.1 Å². The minimum Gasteiger partial charge on any atom is -0.286 e. The van der Waals surface area contributed by atoms with E-state index in [0.717, 1.165) is 11.1 Å². The molecule has 1 unspecified atom stereocenters. The Morgan fingerprint density at radius 3 is 2.29 bits per heavy atom. The average molecular weight is 461 g/mol. The van der Waals surface area contributed by atoms with Crippen molar-refractivity contribution in [1.29, 1.82) is 0 Å². The summed E-state index contributed by atoms with van der Waals surface area (Å²) in [5.41, 5.74) is 1.65. The molecule has 0 saturated carbocycles. The molecule has 0 saturated heterocycles. The molecule has 3 rings (SSSR count). The first-order valence-electron chi connectivity index (χ1n) is 10.2. The van der Waals surface area contributed by atoms with E-state index in [0.29, 0.717) is 18.5 Å². The number of allylic oxidation sites excluding steroid dienone is 3. The van der Waals surface area contributed by atoms with Crippen LogP contribution in [0.1, 0.15) is 30.9 Å². The highest BCUT2D eigenvalue weighted by Gasteiger charge is 2.36. The molecule has 2 aromatic rings. The molecule has 2 aromatic carbocycles. The Kier molecular flexibility index (Phi) is 7.03. The second kappa shape index (κ2) is 9.38. The van der Waals surface area contributed by atoms with Crippen molar-refractivity contribution >= 4 is 20.0 Å². The van der Waals surface area contributed by atoms with Gasteiger partial charge in [-0.05, 0) is 44.4 Å². The van der Waals surface area contributed by atoms with Crippen molar-refractivity contribution in [3.8, 4) is 0 Å². The number of rotatable bonds is 9. The molecule has 6 nitrogen and oxygen atoms in total. The fourth-order valence-corrected chi connectivity index (χ4v) is 5.41. The van der Waals surface area contributed by atoms with Gasteiger partial charge in [0.05, 0.1) is 16.1 Å². The van der Waals surface area contributed by atoms with E-state index in [4.69, 9.17) is 0 Å². The minimum atomic E-state index is -3.68. The molecule has 31 heavy (non-hydrogen) atoms. The predicted octanol–water partition coefficient (Wildman–Crippen LogP) is 3.38. The first-order chi connectivity index (χ1) is 14.7. The summed E-state index contributed by atoms with van der Waals surface area (Å²) in [5.74, 6) is -0.0427. The van der Waals surface area contributed by atoms with Crippen LogP contribution in [0, 0.1) is 6.92 Å². The molecule has 8 heteroatoms. The van der Waals surface area contributed by atoms with E-state index < -0.39 is 25.5 Å². The maximum absolute atomic E-state index is 12.7. The van der Waals surface area contributed by atoms with Gasteiger partial charge in [0.15, 0.2) is 0 Å². The summed E-state index contributed by atoms with van der Waals surface area (Å²) in [5, 5.41) is 0. The standard InChI is InChI=1S/C23H28N2O4S2/c1-3-30(26,27)25-22-11-7-8-16-23(22,20-9-5-4-6-10-20)17-18-24-31(28,29)21-14-12-19(2)13-15-21/h4-6,8-16,24-25H,3,7,17-18H2,1-2H3. The number of hydrogen-bond acceptors (Lipinski definition) is 4. The first kappa shape index (κ1) is 23.2. The Morgan fingerprint density at radius 2 is 1.65 bits per heavy atom. The van der Waals surface area contributed by atoms with Crippen LogP contribution in [0.3, 0.4) is 0 Å². The third-order valence-electron chi connectivity index (χ3n) is 5.42. The van der Waals surface area contributed by atoms with E-state index in [1.54, 1.807) is 31.2 Å². The Bertz CT molecular complexity index is 1170. The van der Waals surface area contributed by atoms with Crippen molar-refractivity contribution in [3.05, 3.63) is 89.6 Å². The molecule has 166 valence electrons. The van der Waals surface area contributed by atoms with Crippen molar-refractivity contribution in [3.63, 3.8) is 0 Å². The van der Waals surface area contributed by atoms with Crippen LogP contribution in [0.5, 0.6) is 0 Å². The summed E-state index contributed by atoms with van der Waals surface area (Å²) in [7, 11) is -7.17. The summed E-state index contributed by atoms with van der Waals surface area (Å²) in [6, 6.07) is 16.2. The zero-order chi connectivity index (χ0) is 22.5. The van der Waals surface area contributed by atoms with Crippen molar-refractivity contribution in [2.75, 3.05) is 12.3 Å². The van der Waals surface area contributed by atoms with E-state index in [9.17, 15) is 16.8 Å². The molecule has 0 heterocycles. The van der Waals surface area contributed by atoms with E-state index in [-0.39, 0.29) is 17.2 Å². The molecule has 2 N–H and O–H groups in total. The molecule has 0 amide bonds. The van der Waals surface area contributed by atoms with Gasteiger partial charge in [-0.3, -0.25) is 4.72 Å². The Labute approximate surface area is 185 Å². The molecule has 1 atom stereocenters. The second-order valence-corrected chi connectivity index (χ2v) is 11.3. The van der Waals surface area contributed by atoms with Gasteiger partial charge in [0.2, 0.25) is 20.0 Å². The highest BCUT2D eigenvalue weighted by Crippen LogP contribution is 2.39. The normalized spacial score (nSPS) is 19.1. The average Bonchev–Trinajstić information content (AvgIpc) is 2.75. The summed E-state index contributed by atoms with van der Waals surface area (Å²) in [4.78, 5) is 0.202. The van der Waals surface area contributed by atoms with Gasteiger partial charge in [0.1, 0.15) is 0 Å². The van der Waals surface area contributed by atoms with E-state index in [2.05, 4.69) is 9.44 Å². The maximum atomic E-state index is 12.7. The SMILES string of the molecule is CCS(=O)(=O)NC1=CCC=CC1(CCNS(=O)(=O)c1ccc(C)cc1)c1ccccc1. The number of aryl methyl sites for hydroxylation is 1. The lowest BCUT2D eigenvalue weighted by Crippen LogP contribution is -2.41. The van der Waals surface area contributed by atoms with Crippen LogP contribution < -0.4 is 9.44 Å². The van der Waals surface area contributed by atoms with Crippen molar-refractivity contribution < 1.29 is 16.8 Å². The van der Waals surface area contributed by atoms with Crippen LogP contribution >= 0.6 is 0 Å². The lowest BCUT2D eigenvalue weighted by molar-refractivity contribution is 0.517. The summed E-state index contributed by atoms with van der Waals surface area (Å²) >= 11 is 0. The molecule has 0 aromatic heterocycles. The topological polar surface area (TPSA) is 92.3 Å². The number of hydrogen-bond donors (Lipinski definition) is 2. The van der Waals surface area contributed by atoms with Gasteiger partial charge in [0.25, 0.3) is 0 Å². The van der Waals surface area contributed by atoms with Crippen LogP contribution in [0.15, 0.2) is 83.4 Å². The van der Waals surface area contributed by atoms with Gasteiger partial charge in [0, 0.05) is 12.2 Å². The van der Waals surface area contributed by atoms with Gasteiger partial charge in [-0.1, -0.05) is 66.3 Å². The highest BCUT2D eigenvalue weighted by molar-refractivity contribution is 7.89. The smallest absolute Gasteiger partial charge is 0.240 e.